The van der Waals surface area contributed by atoms with Gasteiger partial charge in [0.1, 0.15) is 11.9 Å². The number of terminal acetylenes is 1. The average Bonchev–Trinajstić information content (AvgIpc) is 3.50. The molecule has 3 aromatic carbocycles. The van der Waals surface area contributed by atoms with Gasteiger partial charge in [-0.25, -0.2) is 13.4 Å². The van der Waals surface area contributed by atoms with Crippen molar-refractivity contribution in [2.75, 3.05) is 6.54 Å². The molecule has 208 valence electrons. The second-order valence-corrected chi connectivity index (χ2v) is 11.7. The number of benzene rings is 3. The van der Waals surface area contributed by atoms with Gasteiger partial charge in [0.05, 0.1) is 35.6 Å². The molecule has 1 atom stereocenters. The van der Waals surface area contributed by atoms with Gasteiger partial charge in [-0.15, -0.1) is 6.42 Å². The number of ether oxygens (including phenoxy) is 1. The van der Waals surface area contributed by atoms with Crippen LogP contribution in [-0.4, -0.2) is 36.2 Å². The number of ketones is 1. The predicted molar refractivity (Wildman–Crippen MR) is 154 cm³/mol. The van der Waals surface area contributed by atoms with Crippen molar-refractivity contribution in [1.82, 2.24) is 14.9 Å². The first-order valence-electron chi connectivity index (χ1n) is 13.3. The van der Waals surface area contributed by atoms with Crippen molar-refractivity contribution >= 4 is 21.5 Å². The number of nitrogens with one attached hydrogen (secondary N) is 1. The third kappa shape index (κ3) is 6.23. The third-order valence-electron chi connectivity index (χ3n) is 7.05. The Labute approximate surface area is 239 Å². The van der Waals surface area contributed by atoms with Crippen LogP contribution in [0.5, 0.6) is 5.75 Å². The van der Waals surface area contributed by atoms with Crippen molar-refractivity contribution in [2.24, 2.45) is 0 Å². The van der Waals surface area contributed by atoms with E-state index in [9.17, 15) is 18.0 Å². The Bertz CT molecular complexity index is 1710. The van der Waals surface area contributed by atoms with Gasteiger partial charge in [0.25, 0.3) is 5.91 Å². The quantitative estimate of drug-likeness (QED) is 0.282. The summed E-state index contributed by atoms with van der Waals surface area (Å²) in [5.41, 5.74) is 2.53. The first-order valence-corrected chi connectivity index (χ1v) is 14.9. The molecule has 0 aliphatic heterocycles. The third-order valence-corrected chi connectivity index (χ3v) is 8.74. The molecule has 0 bridgehead atoms. The maximum absolute atomic E-state index is 14.0. The number of nitrogens with zero attached hydrogens (tertiary/aromatic N) is 2. The number of aromatic nitrogens is 2. The minimum Gasteiger partial charge on any atom is -0.484 e. The van der Waals surface area contributed by atoms with E-state index in [1.54, 1.807) is 36.8 Å². The van der Waals surface area contributed by atoms with Gasteiger partial charge in [-0.3, -0.25) is 9.59 Å². The Balaban J connectivity index is 1.58. The van der Waals surface area contributed by atoms with E-state index in [1.165, 1.54) is 12.1 Å². The number of rotatable bonds is 10. The highest BCUT2D eigenvalue weighted by atomic mass is 32.2. The fourth-order valence-electron chi connectivity index (χ4n) is 5.08. The number of imidazole rings is 1. The topological polar surface area (TPSA) is 107 Å². The Morgan fingerprint density at radius 3 is 2.61 bits per heavy atom. The van der Waals surface area contributed by atoms with Crippen LogP contribution in [0.15, 0.2) is 90.3 Å². The summed E-state index contributed by atoms with van der Waals surface area (Å²) < 4.78 is 36.4. The lowest BCUT2D eigenvalue weighted by Gasteiger charge is -2.26. The largest absolute Gasteiger partial charge is 0.484 e. The summed E-state index contributed by atoms with van der Waals surface area (Å²) in [6.45, 7) is 0.404. The van der Waals surface area contributed by atoms with E-state index >= 15 is 0 Å². The molecule has 1 aliphatic carbocycles. The molecule has 1 amide bonds. The number of Topliss-reactive ketones (excluding diaryl/α,β-unsaturated/α-hetero) is 1. The number of sulfone groups is 1. The molecule has 9 heteroatoms. The molecule has 8 nitrogen and oxygen atoms in total. The molecular weight excluding hydrogens is 538 g/mol. The maximum Gasteiger partial charge on any atom is 0.253 e. The van der Waals surface area contributed by atoms with Crippen LogP contribution in [0.25, 0.3) is 0 Å². The minimum absolute atomic E-state index is 0.00774. The minimum atomic E-state index is -4.06. The van der Waals surface area contributed by atoms with Crippen LogP contribution in [0, 0.1) is 12.3 Å². The van der Waals surface area contributed by atoms with Crippen molar-refractivity contribution in [1.29, 1.82) is 0 Å². The lowest BCUT2D eigenvalue weighted by atomic mass is 9.87. The van der Waals surface area contributed by atoms with Gasteiger partial charge in [-0.2, -0.15) is 0 Å². The van der Waals surface area contributed by atoms with Crippen LogP contribution in [-0.2, 0) is 28.6 Å². The van der Waals surface area contributed by atoms with Gasteiger partial charge in [-0.1, -0.05) is 48.4 Å². The number of hydrogen-bond acceptors (Lipinski definition) is 6. The lowest BCUT2D eigenvalue weighted by Crippen LogP contribution is -2.26. The molecule has 4 aromatic rings. The van der Waals surface area contributed by atoms with Crippen LogP contribution < -0.4 is 10.1 Å². The van der Waals surface area contributed by atoms with E-state index in [-0.39, 0.29) is 22.8 Å². The molecule has 0 spiro atoms. The summed E-state index contributed by atoms with van der Waals surface area (Å²) in [6.07, 6.45) is 11.6. The molecule has 1 heterocycles. The normalized spacial score (nSPS) is 13.6. The zero-order chi connectivity index (χ0) is 28.8. The number of carbonyl (C=O) groups is 2. The molecule has 1 unspecified atom stereocenters. The van der Waals surface area contributed by atoms with Crippen molar-refractivity contribution in [3.63, 3.8) is 0 Å². The van der Waals surface area contributed by atoms with E-state index in [2.05, 4.69) is 16.2 Å². The fraction of sp³-hybridized carbons (Fsp3) is 0.219. The number of fused-ring (bicyclic) bond motifs is 1. The van der Waals surface area contributed by atoms with Gasteiger partial charge in [0.15, 0.2) is 15.6 Å². The van der Waals surface area contributed by atoms with Gasteiger partial charge in [0.2, 0.25) is 0 Å². The second kappa shape index (κ2) is 12.2. The molecule has 0 fully saturated rings. The fourth-order valence-corrected chi connectivity index (χ4v) is 6.72. The first kappa shape index (κ1) is 27.9. The van der Waals surface area contributed by atoms with Gasteiger partial charge in [0, 0.05) is 29.9 Å². The van der Waals surface area contributed by atoms with Gasteiger partial charge >= 0.3 is 0 Å². The van der Waals surface area contributed by atoms with Gasteiger partial charge in [-0.05, 0) is 48.2 Å². The van der Waals surface area contributed by atoms with Gasteiger partial charge < -0.3 is 14.6 Å². The Morgan fingerprint density at radius 1 is 1.07 bits per heavy atom. The summed E-state index contributed by atoms with van der Waals surface area (Å²) >= 11 is 0. The molecule has 0 saturated heterocycles. The Morgan fingerprint density at radius 2 is 1.85 bits per heavy atom. The Hall–Kier alpha value is -4.68. The zero-order valence-corrected chi connectivity index (χ0v) is 23.1. The molecule has 0 radical (unpaired) electrons. The van der Waals surface area contributed by atoms with E-state index in [4.69, 9.17) is 11.2 Å². The smallest absolute Gasteiger partial charge is 0.253 e. The van der Waals surface area contributed by atoms with E-state index < -0.39 is 27.6 Å². The SMILES string of the molecule is C#CCNC(=O)c1ccccc1S(=O)(=O)Cc1c(OC(Cn2ccnc2)c2ccccc2)ccc2c1CCCC2=O. The molecular formula is C32H29N3O5S. The van der Waals surface area contributed by atoms with Crippen molar-refractivity contribution in [3.8, 4) is 18.1 Å². The summed E-state index contributed by atoms with van der Waals surface area (Å²) in [5, 5.41) is 2.54. The summed E-state index contributed by atoms with van der Waals surface area (Å²) in [6, 6.07) is 19.1. The summed E-state index contributed by atoms with van der Waals surface area (Å²) in [4.78, 5) is 29.6. The van der Waals surface area contributed by atoms with E-state index in [0.717, 1.165) is 5.56 Å². The van der Waals surface area contributed by atoms with Crippen LogP contribution in [0.1, 0.15) is 56.4 Å². The zero-order valence-electron chi connectivity index (χ0n) is 22.3. The highest BCUT2D eigenvalue weighted by Gasteiger charge is 2.30. The van der Waals surface area contributed by atoms with E-state index in [1.807, 2.05) is 41.1 Å². The summed E-state index contributed by atoms with van der Waals surface area (Å²) in [5.74, 6) is 1.66. The standard InChI is InChI=1S/C32H29N3O5S/c1-2-17-34-32(37)26-11-6-7-14-31(26)41(38,39)21-27-24-12-8-13-28(36)25(24)15-16-29(27)40-30(20-35-19-18-33-22-35)23-9-4-3-5-10-23/h1,3-7,9-11,14-16,18-19,22,30H,8,12-13,17,20-21H2,(H,34,37). The predicted octanol–water partition coefficient (Wildman–Crippen LogP) is 4.56. The molecule has 1 aromatic heterocycles. The first-order chi connectivity index (χ1) is 19.9. The van der Waals surface area contributed by atoms with Crippen LogP contribution in [0.3, 0.4) is 0 Å². The molecule has 1 N–H and O–H groups in total. The van der Waals surface area contributed by atoms with E-state index in [0.29, 0.717) is 48.2 Å². The van der Waals surface area contributed by atoms with Crippen LogP contribution in [0.4, 0.5) is 0 Å². The van der Waals surface area contributed by atoms with Crippen molar-refractivity contribution in [2.45, 2.75) is 42.6 Å². The molecule has 0 saturated carbocycles. The van der Waals surface area contributed by atoms with Crippen molar-refractivity contribution < 1.29 is 22.7 Å². The monoisotopic (exact) mass is 567 g/mol. The van der Waals surface area contributed by atoms with Crippen LogP contribution in [0.2, 0.25) is 0 Å². The molecule has 1 aliphatic rings. The lowest BCUT2D eigenvalue weighted by molar-refractivity contribution is 0.0952. The van der Waals surface area contributed by atoms with Crippen molar-refractivity contribution in [3.05, 3.63) is 113 Å². The summed E-state index contributed by atoms with van der Waals surface area (Å²) in [7, 11) is -4.06. The number of hydrogen-bond donors (Lipinski definition) is 1. The molecule has 5 rings (SSSR count). The average molecular weight is 568 g/mol. The molecule has 41 heavy (non-hydrogen) atoms. The number of carbonyl (C=O) groups excluding carboxylic acids is 2. The Kier molecular flexibility index (Phi) is 8.31. The van der Waals surface area contributed by atoms with Crippen LogP contribution >= 0.6 is 0 Å². The highest BCUT2D eigenvalue weighted by Crippen LogP contribution is 2.37. The second-order valence-electron chi connectivity index (χ2n) is 9.76. The number of amides is 1. The maximum atomic E-state index is 14.0. The highest BCUT2D eigenvalue weighted by molar-refractivity contribution is 7.90.